The van der Waals surface area contributed by atoms with Crippen molar-refractivity contribution in [3.63, 3.8) is 0 Å². The molecule has 2 aliphatic rings. The highest BCUT2D eigenvalue weighted by Gasteiger charge is 2.33. The van der Waals surface area contributed by atoms with Crippen LogP contribution in [-0.2, 0) is 9.59 Å². The van der Waals surface area contributed by atoms with Crippen molar-refractivity contribution >= 4 is 11.8 Å². The molecule has 22 heavy (non-hydrogen) atoms. The number of hydrogen-bond donors (Lipinski definition) is 1. The number of hydrogen-bond acceptors (Lipinski definition) is 5. The van der Waals surface area contributed by atoms with Gasteiger partial charge in [-0.25, -0.2) is 14.4 Å². The predicted molar refractivity (Wildman–Crippen MR) is 73.4 cm³/mol. The Morgan fingerprint density at radius 3 is 2.82 bits per heavy atom. The van der Waals surface area contributed by atoms with Crippen molar-refractivity contribution in [1.29, 1.82) is 0 Å². The smallest absolute Gasteiger partial charge is 0.316 e. The van der Waals surface area contributed by atoms with Gasteiger partial charge >= 0.3 is 6.01 Å². The molecule has 7 nitrogen and oxygen atoms in total. The first kappa shape index (κ1) is 14.7. The minimum atomic E-state index is -0.523. The van der Waals surface area contributed by atoms with E-state index < -0.39 is 11.9 Å². The van der Waals surface area contributed by atoms with E-state index >= 15 is 0 Å². The Balaban J connectivity index is 1.58. The number of amides is 2. The standard InChI is InChI=1S/C14H17FN4O3/c15-9-6-16-14(17-7-9)22-10-2-1-5-19(8-10)13(21)11-3-4-12(20)18-11/h6-7,10-11H,1-5,8H2,(H,18,20). The van der Waals surface area contributed by atoms with Crippen molar-refractivity contribution in [3.05, 3.63) is 18.2 Å². The first-order chi connectivity index (χ1) is 10.6. The third-order valence-electron chi connectivity index (χ3n) is 3.85. The lowest BCUT2D eigenvalue weighted by Gasteiger charge is -2.33. The minimum absolute atomic E-state index is 0.0702. The highest BCUT2D eigenvalue weighted by molar-refractivity contribution is 5.90. The zero-order valence-electron chi connectivity index (χ0n) is 12.0. The van der Waals surface area contributed by atoms with E-state index in [9.17, 15) is 14.0 Å². The van der Waals surface area contributed by atoms with E-state index in [2.05, 4.69) is 15.3 Å². The number of aromatic nitrogens is 2. The predicted octanol–water partition coefficient (Wildman–Crippen LogP) is 0.264. The van der Waals surface area contributed by atoms with E-state index in [0.717, 1.165) is 25.2 Å². The topological polar surface area (TPSA) is 84.4 Å². The third kappa shape index (κ3) is 3.32. The molecule has 118 valence electrons. The van der Waals surface area contributed by atoms with E-state index in [-0.39, 0.29) is 23.9 Å². The van der Waals surface area contributed by atoms with Crippen LogP contribution in [0, 0.1) is 5.82 Å². The Hall–Kier alpha value is -2.25. The number of ether oxygens (including phenoxy) is 1. The van der Waals surface area contributed by atoms with E-state index in [1.54, 1.807) is 4.90 Å². The molecule has 2 saturated heterocycles. The second kappa shape index (κ2) is 6.25. The van der Waals surface area contributed by atoms with Crippen LogP contribution < -0.4 is 10.1 Å². The molecule has 2 amide bonds. The second-order valence-electron chi connectivity index (χ2n) is 5.51. The average molecular weight is 308 g/mol. The number of carbonyl (C=O) groups excluding carboxylic acids is 2. The van der Waals surface area contributed by atoms with Crippen molar-refractivity contribution in [2.75, 3.05) is 13.1 Å². The summed E-state index contributed by atoms with van der Waals surface area (Å²) in [6, 6.07) is -0.316. The fourth-order valence-corrected chi connectivity index (χ4v) is 2.76. The summed E-state index contributed by atoms with van der Waals surface area (Å²) in [7, 11) is 0. The number of rotatable bonds is 3. The molecule has 1 aromatic heterocycles. The monoisotopic (exact) mass is 308 g/mol. The van der Waals surface area contributed by atoms with Gasteiger partial charge in [0.1, 0.15) is 12.1 Å². The minimum Gasteiger partial charge on any atom is -0.458 e. The van der Waals surface area contributed by atoms with Gasteiger partial charge in [-0.05, 0) is 19.3 Å². The lowest BCUT2D eigenvalue weighted by molar-refractivity contribution is -0.136. The maximum absolute atomic E-state index is 12.8. The molecular weight excluding hydrogens is 291 g/mol. The van der Waals surface area contributed by atoms with Crippen LogP contribution in [-0.4, -0.2) is 51.9 Å². The largest absolute Gasteiger partial charge is 0.458 e. The molecule has 2 aliphatic heterocycles. The number of halogens is 1. The van der Waals surface area contributed by atoms with Crippen LogP contribution in [0.1, 0.15) is 25.7 Å². The van der Waals surface area contributed by atoms with Crippen LogP contribution >= 0.6 is 0 Å². The zero-order chi connectivity index (χ0) is 15.5. The van der Waals surface area contributed by atoms with E-state index in [1.165, 1.54) is 0 Å². The summed E-state index contributed by atoms with van der Waals surface area (Å²) in [4.78, 5) is 32.8. The Labute approximate surface area is 126 Å². The lowest BCUT2D eigenvalue weighted by atomic mass is 10.1. The molecule has 1 aromatic rings. The van der Waals surface area contributed by atoms with Crippen molar-refractivity contribution in [3.8, 4) is 6.01 Å². The van der Waals surface area contributed by atoms with Gasteiger partial charge in [0.2, 0.25) is 11.8 Å². The molecule has 0 aromatic carbocycles. The summed E-state index contributed by atoms with van der Waals surface area (Å²) in [5, 5.41) is 2.68. The van der Waals surface area contributed by atoms with Crippen LogP contribution in [0.5, 0.6) is 6.01 Å². The van der Waals surface area contributed by atoms with E-state index in [1.807, 2.05) is 0 Å². The van der Waals surface area contributed by atoms with Crippen LogP contribution in [0.3, 0.4) is 0 Å². The van der Waals surface area contributed by atoms with Crippen LogP contribution in [0.2, 0.25) is 0 Å². The number of nitrogens with one attached hydrogen (secondary N) is 1. The Kier molecular flexibility index (Phi) is 4.17. The number of piperidine rings is 1. The van der Waals surface area contributed by atoms with Gasteiger partial charge in [-0.2, -0.15) is 0 Å². The number of nitrogens with zero attached hydrogens (tertiary/aromatic N) is 3. The maximum Gasteiger partial charge on any atom is 0.316 e. The summed E-state index contributed by atoms with van der Waals surface area (Å²) in [6.07, 6.45) is 4.39. The van der Waals surface area contributed by atoms with Gasteiger partial charge < -0.3 is 15.0 Å². The van der Waals surface area contributed by atoms with E-state index in [4.69, 9.17) is 4.74 Å². The van der Waals surface area contributed by atoms with Crippen LogP contribution in [0.4, 0.5) is 4.39 Å². The molecular formula is C14H17FN4O3. The van der Waals surface area contributed by atoms with Gasteiger partial charge in [0.15, 0.2) is 5.82 Å². The molecule has 2 atom stereocenters. The second-order valence-corrected chi connectivity index (χ2v) is 5.51. The van der Waals surface area contributed by atoms with Crippen molar-refractivity contribution in [2.24, 2.45) is 0 Å². The third-order valence-corrected chi connectivity index (χ3v) is 3.85. The van der Waals surface area contributed by atoms with Gasteiger partial charge in [0, 0.05) is 13.0 Å². The molecule has 0 bridgehead atoms. The normalized spacial score (nSPS) is 25.0. The molecule has 0 spiro atoms. The summed E-state index contributed by atoms with van der Waals surface area (Å²) >= 11 is 0. The Morgan fingerprint density at radius 1 is 1.36 bits per heavy atom. The molecule has 2 unspecified atom stereocenters. The van der Waals surface area contributed by atoms with Crippen LogP contribution in [0.25, 0.3) is 0 Å². The lowest BCUT2D eigenvalue weighted by Crippen LogP contribution is -2.50. The number of carbonyl (C=O) groups is 2. The van der Waals surface area contributed by atoms with Gasteiger partial charge in [0.25, 0.3) is 0 Å². The highest BCUT2D eigenvalue weighted by Crippen LogP contribution is 2.18. The molecule has 0 saturated carbocycles. The van der Waals surface area contributed by atoms with Crippen molar-refractivity contribution in [2.45, 2.75) is 37.8 Å². The maximum atomic E-state index is 12.8. The number of likely N-dealkylation sites (tertiary alicyclic amines) is 1. The quantitative estimate of drug-likeness (QED) is 0.866. The van der Waals surface area contributed by atoms with Gasteiger partial charge in [-0.15, -0.1) is 0 Å². The van der Waals surface area contributed by atoms with Gasteiger partial charge in [-0.3, -0.25) is 9.59 Å². The van der Waals surface area contributed by atoms with E-state index in [0.29, 0.717) is 25.9 Å². The fourth-order valence-electron chi connectivity index (χ4n) is 2.76. The Morgan fingerprint density at radius 2 is 2.14 bits per heavy atom. The Bertz CT molecular complexity index is 566. The molecule has 8 heteroatoms. The summed E-state index contributed by atoms with van der Waals surface area (Å²) in [6.45, 7) is 1.07. The van der Waals surface area contributed by atoms with Crippen LogP contribution in [0.15, 0.2) is 12.4 Å². The molecule has 0 aliphatic carbocycles. The van der Waals surface area contributed by atoms with Crippen molar-refractivity contribution < 1.29 is 18.7 Å². The summed E-state index contributed by atoms with van der Waals surface area (Å²) in [5.41, 5.74) is 0. The van der Waals surface area contributed by atoms with Crippen molar-refractivity contribution in [1.82, 2.24) is 20.2 Å². The average Bonchev–Trinajstić information content (AvgIpc) is 2.96. The first-order valence-electron chi connectivity index (χ1n) is 7.34. The molecule has 2 fully saturated rings. The van der Waals surface area contributed by atoms with Gasteiger partial charge in [-0.1, -0.05) is 0 Å². The molecule has 1 N–H and O–H groups in total. The highest BCUT2D eigenvalue weighted by atomic mass is 19.1. The zero-order valence-corrected chi connectivity index (χ0v) is 12.0. The fraction of sp³-hybridized carbons (Fsp3) is 0.571. The molecule has 0 radical (unpaired) electrons. The first-order valence-corrected chi connectivity index (χ1v) is 7.34. The molecule has 3 heterocycles. The SMILES string of the molecule is O=C1CCC(C(=O)N2CCCC(Oc3ncc(F)cn3)C2)N1. The summed E-state index contributed by atoms with van der Waals surface area (Å²) in [5.74, 6) is -0.674. The molecule has 3 rings (SSSR count). The summed E-state index contributed by atoms with van der Waals surface area (Å²) < 4.78 is 18.4. The van der Waals surface area contributed by atoms with Gasteiger partial charge in [0.05, 0.1) is 18.9 Å².